The predicted molar refractivity (Wildman–Crippen MR) is 533 cm³/mol. The van der Waals surface area contributed by atoms with Gasteiger partial charge in [-0.1, -0.05) is 32.9 Å². The lowest BCUT2D eigenvalue weighted by atomic mass is 9.95. The van der Waals surface area contributed by atoms with Crippen molar-refractivity contribution >= 4 is 115 Å². The van der Waals surface area contributed by atoms with Crippen molar-refractivity contribution in [3.8, 4) is 0 Å². The second-order valence-corrected chi connectivity index (χ2v) is 37.3. The Hall–Kier alpha value is -14.4. The summed E-state index contributed by atoms with van der Waals surface area (Å²) in [4.78, 5) is 122. The van der Waals surface area contributed by atoms with Crippen LogP contribution >= 0.6 is 0 Å². The molecule has 0 aliphatic carbocycles. The predicted octanol–water partition coefficient (Wildman–Crippen LogP) is -5.75. The third-order valence-corrected chi connectivity index (χ3v) is 26.0. The molecule has 0 radical (unpaired) electrons. The van der Waals surface area contributed by atoms with Crippen LogP contribution in [-0.4, -0.2) is 203 Å². The Balaban J connectivity index is 0.000000130. The highest BCUT2D eigenvalue weighted by atomic mass is 16.3. The number of anilines is 20. The van der Waals surface area contributed by atoms with Gasteiger partial charge in [0, 0.05) is 162 Å². The number of aromatic nitrogens is 20. The van der Waals surface area contributed by atoms with Crippen LogP contribution in [0.5, 0.6) is 0 Å². The summed E-state index contributed by atoms with van der Waals surface area (Å²) < 4.78 is 34.3. The third-order valence-electron chi connectivity index (χ3n) is 26.0. The maximum atomic E-state index is 11.9. The Morgan fingerprint density at radius 2 is 0.688 bits per heavy atom. The van der Waals surface area contributed by atoms with Crippen LogP contribution in [0, 0.1) is 11.3 Å². The summed E-state index contributed by atoms with van der Waals surface area (Å²) in [6, 6.07) is 0.289. The molecule has 762 valence electrons. The first-order valence-corrected chi connectivity index (χ1v) is 46.8. The van der Waals surface area contributed by atoms with Crippen molar-refractivity contribution < 1.29 is 25.5 Å². The summed E-state index contributed by atoms with van der Waals surface area (Å²) in [6.45, 7) is 30.7. The van der Waals surface area contributed by atoms with Gasteiger partial charge in [-0.2, -0.15) is 0 Å². The van der Waals surface area contributed by atoms with E-state index >= 15 is 0 Å². The molecule has 22 rings (SSSR count). The standard InChI is InChI=1S/C10H18N4O3.C10H16N4O2.C10H16N4O.C9H16N4O2.C9H16N4O.C8H14N4O.2C7H12N4O.C7H10N4O.C6H10N4O2/c11-8-9(12(4-6-15)5-7-16)13-2-1-3-14(13)10(8)17;11-8-9(12-5-2-7(15)6-12)13-3-1-4-14(13)10(8)16;11-8-9(12-4-1-2-5-12)13-6-3-7-14(13)10(8)15;1-6(14)5-11-8-7(10)9(15)13-4-2-3-12(8)13;1-6(2)11-8-7(10)9(14)13-5-3-4-12(8)13;1-8(2)3-11-6(10)5(9)7(13)12(11)4-8;1-4-2-10-6(9)5(8)7(12)11(10)3-4;2*8-5-6(9)10-3-1-2-4-11(10)7(5)12;7-4-5(8)9-1-3(11)2-10(9)6(4)12/h15-16H,1-7,11H2;7,15H,1-6,11H2;1-7,11H2;6,11,14H,2-5,10H2,1H3;6,11H,3-5,10H2,1-2H3;3-4,9-10H2,1-2H3;4H,2-3,8-9H2,1H3;1-4,8-9H2;1-2H,3-4,8-9H2;3,11H,1-2,7-8H2. The number of aliphatic hydroxyl groups excluding tert-OH is 5. The van der Waals surface area contributed by atoms with Crippen molar-refractivity contribution in [1.82, 2.24) is 93.6 Å². The minimum atomic E-state index is -0.527. The van der Waals surface area contributed by atoms with Gasteiger partial charge in [-0.25, -0.2) is 46.8 Å². The molecule has 2 fully saturated rings. The lowest BCUT2D eigenvalue weighted by Gasteiger charge is -2.23. The van der Waals surface area contributed by atoms with Gasteiger partial charge in [-0.15, -0.1) is 0 Å². The lowest BCUT2D eigenvalue weighted by molar-refractivity contribution is 0.170. The quantitative estimate of drug-likeness (QED) is 0.0507. The average molecular weight is 1940 g/mol. The van der Waals surface area contributed by atoms with Crippen molar-refractivity contribution in [2.75, 3.05) is 170 Å². The molecule has 138 heavy (non-hydrogen) atoms. The van der Waals surface area contributed by atoms with Crippen LogP contribution in [0.1, 0.15) is 106 Å². The van der Waals surface area contributed by atoms with Gasteiger partial charge in [0.05, 0.1) is 57.7 Å². The molecule has 37 N–H and O–H groups in total. The normalized spacial score (nSPS) is 18.1. The fourth-order valence-electron chi connectivity index (χ4n) is 19.3. The topological polar surface area (TPSA) is 795 Å². The van der Waals surface area contributed by atoms with Gasteiger partial charge in [0.25, 0.3) is 55.6 Å². The number of nitrogen functional groups attached to an aromatic ring is 15. The fourth-order valence-corrected chi connectivity index (χ4v) is 19.3. The van der Waals surface area contributed by atoms with E-state index in [1.54, 1.807) is 68.0 Å². The highest BCUT2D eigenvalue weighted by Gasteiger charge is 2.36. The number of nitrogens with one attached hydrogen (secondary N) is 2. The van der Waals surface area contributed by atoms with E-state index in [9.17, 15) is 58.2 Å². The van der Waals surface area contributed by atoms with Crippen molar-refractivity contribution in [2.24, 2.45) is 11.3 Å². The van der Waals surface area contributed by atoms with Crippen LogP contribution in [0.15, 0.2) is 60.1 Å². The van der Waals surface area contributed by atoms with Crippen LogP contribution in [0.25, 0.3) is 0 Å². The van der Waals surface area contributed by atoms with Crippen molar-refractivity contribution in [1.29, 1.82) is 0 Å². The first-order chi connectivity index (χ1) is 65.5. The van der Waals surface area contributed by atoms with Gasteiger partial charge in [-0.05, 0) is 90.9 Å². The van der Waals surface area contributed by atoms with E-state index in [1.807, 2.05) is 49.6 Å². The fraction of sp³-hybridized carbons (Fsp3) is 0.614. The molecular formula is C83H140N40O15. The first-order valence-electron chi connectivity index (χ1n) is 46.8. The van der Waals surface area contributed by atoms with Crippen LogP contribution in [0.2, 0.25) is 0 Å². The number of fused-ring (bicyclic) bond motifs is 10. The zero-order chi connectivity index (χ0) is 100. The Labute approximate surface area is 789 Å². The zero-order valence-corrected chi connectivity index (χ0v) is 79.4. The summed E-state index contributed by atoms with van der Waals surface area (Å²) >= 11 is 0. The summed E-state index contributed by atoms with van der Waals surface area (Å²) in [7, 11) is 0. The number of β-amino-alcohol motifs (C(OH)–C–C–N with tert-alkyl or cyclic N) is 1. The molecule has 55 nitrogen and oxygen atoms in total. The molecule has 4 unspecified atom stereocenters. The molecule has 0 saturated carbocycles. The molecule has 0 amide bonds. The van der Waals surface area contributed by atoms with Gasteiger partial charge in [0.15, 0.2) is 29.1 Å². The van der Waals surface area contributed by atoms with Gasteiger partial charge in [0.1, 0.15) is 86.0 Å². The third kappa shape index (κ3) is 19.9. The number of hydrogen-bond acceptors (Lipinski definition) is 35. The van der Waals surface area contributed by atoms with Crippen LogP contribution in [0.4, 0.5) is 115 Å². The van der Waals surface area contributed by atoms with Crippen LogP contribution in [0.3, 0.4) is 0 Å². The maximum Gasteiger partial charge on any atom is 0.292 e. The van der Waals surface area contributed by atoms with E-state index in [0.717, 1.165) is 180 Å². The Kier molecular flexibility index (Phi) is 30.5. The van der Waals surface area contributed by atoms with E-state index in [-0.39, 0.29) is 139 Å². The largest absolute Gasteiger partial charge is 0.395 e. The molecule has 10 aromatic rings. The Morgan fingerprint density at radius 3 is 1.15 bits per heavy atom. The number of allylic oxidation sites excluding steroid dienone is 2. The monoisotopic (exact) mass is 1940 g/mol. The minimum absolute atomic E-state index is 0.00519. The number of rotatable bonds is 12. The molecule has 12 aliphatic rings. The highest BCUT2D eigenvalue weighted by molar-refractivity contribution is 5.68. The summed E-state index contributed by atoms with van der Waals surface area (Å²) in [5, 5.41) is 52.1. The Morgan fingerprint density at radius 1 is 0.348 bits per heavy atom. The van der Waals surface area contributed by atoms with Crippen LogP contribution in [-0.2, 0) is 131 Å². The van der Waals surface area contributed by atoms with Crippen molar-refractivity contribution in [3.63, 3.8) is 0 Å². The number of nitrogens with two attached hydrogens (primary N) is 15. The molecule has 0 aromatic carbocycles. The average Bonchev–Trinajstić information content (AvgIpc) is 1.60. The number of nitrogens with zero attached hydrogens (tertiary/aromatic N) is 23. The molecular weight excluding hydrogens is 1800 g/mol. The van der Waals surface area contributed by atoms with E-state index in [1.165, 1.54) is 26.9 Å². The molecule has 12 aliphatic heterocycles. The van der Waals surface area contributed by atoms with E-state index in [2.05, 4.69) is 41.0 Å². The number of hydrogen-bond donors (Lipinski definition) is 22. The van der Waals surface area contributed by atoms with Gasteiger partial charge in [-0.3, -0.25) is 94.8 Å². The van der Waals surface area contributed by atoms with Crippen LogP contribution < -0.4 is 167 Å². The highest BCUT2D eigenvalue weighted by Crippen LogP contribution is 2.34. The molecule has 2 saturated heterocycles. The summed E-state index contributed by atoms with van der Waals surface area (Å²) in [5.74, 6) is 6.12. The SMILES string of the molecule is CC(C)Nc1c(N)c(=O)n2n1CCC2.CC(O)CNc1c(N)c(=O)n2n1CCC2.CC1(C)Cn2c(N)c(N)c(=O)n2C1.CC1Cn2c(N)c(N)c(=O)n2C1.Nc1c(N(CCO)CCO)n2n(c1=O)CCC2.Nc1c(N)n2n(c1=O)CC(O)C2.Nc1c(N)n2n(c1=O)CC=CC2.Nc1c(N)n2n(c1=O)CCCC2.Nc1c(N2CCC(O)C2)n2n(c1=O)CCC2.Nc1c(N2CCCC2)n2n(c1=O)CCC2. The second kappa shape index (κ2) is 41.7. The van der Waals surface area contributed by atoms with E-state index in [0.29, 0.717) is 117 Å². The Bertz CT molecular complexity index is 6670. The molecule has 4 atom stereocenters. The summed E-state index contributed by atoms with van der Waals surface area (Å²) in [6.07, 6.45) is 12.8. The zero-order valence-electron chi connectivity index (χ0n) is 79.4. The van der Waals surface area contributed by atoms with Gasteiger partial charge < -0.3 is 137 Å². The summed E-state index contributed by atoms with van der Waals surface area (Å²) in [5.41, 5.74) is 85.5. The molecule has 0 bridgehead atoms. The van der Waals surface area contributed by atoms with Gasteiger partial charge >= 0.3 is 0 Å². The van der Waals surface area contributed by atoms with Crippen molar-refractivity contribution in [2.45, 2.75) is 261 Å². The number of aliphatic hydroxyl groups is 5. The lowest BCUT2D eigenvalue weighted by Crippen LogP contribution is -2.32. The van der Waals surface area contributed by atoms with E-state index in [4.69, 9.17) is 101 Å². The van der Waals surface area contributed by atoms with E-state index < -0.39 is 12.2 Å². The molecule has 0 spiro atoms. The van der Waals surface area contributed by atoms with Gasteiger partial charge in [0.2, 0.25) is 0 Å². The smallest absolute Gasteiger partial charge is 0.292 e. The molecule has 55 heteroatoms. The second-order valence-electron chi connectivity index (χ2n) is 37.3. The minimum Gasteiger partial charge on any atom is -0.395 e. The molecule has 10 aromatic heterocycles. The maximum absolute atomic E-state index is 11.9. The first kappa shape index (κ1) is 101. The van der Waals surface area contributed by atoms with Crippen molar-refractivity contribution in [3.05, 3.63) is 116 Å². The molecule has 22 heterocycles.